The second-order valence-corrected chi connectivity index (χ2v) is 3.72. The van der Waals surface area contributed by atoms with Crippen molar-refractivity contribution in [2.24, 2.45) is 0 Å². The summed E-state index contributed by atoms with van der Waals surface area (Å²) < 4.78 is 0. The van der Waals surface area contributed by atoms with E-state index in [1.165, 1.54) is 11.3 Å². The predicted octanol–water partition coefficient (Wildman–Crippen LogP) is 2.44. The van der Waals surface area contributed by atoms with E-state index in [9.17, 15) is 0 Å². The molecular formula is C8H6ClN3S. The van der Waals surface area contributed by atoms with Gasteiger partial charge in [-0.05, 0) is 12.1 Å². The molecule has 0 amide bonds. The van der Waals surface area contributed by atoms with Crippen LogP contribution < -0.4 is 5.73 Å². The standard InChI is InChI=1S/C8H6ClN3S/c9-7-3-5(1-2-11-7)6-4-13-8(10)12-6/h1-4H,(H2,10,12). The number of pyridine rings is 1. The van der Waals surface area contributed by atoms with Crippen LogP contribution in [0.15, 0.2) is 23.7 Å². The molecule has 0 aromatic carbocycles. The number of rotatable bonds is 1. The number of aromatic nitrogens is 2. The molecule has 2 heterocycles. The highest BCUT2D eigenvalue weighted by atomic mass is 35.5. The quantitative estimate of drug-likeness (QED) is 0.738. The zero-order valence-electron chi connectivity index (χ0n) is 6.57. The Bertz CT molecular complexity index is 427. The highest BCUT2D eigenvalue weighted by molar-refractivity contribution is 7.13. The SMILES string of the molecule is Nc1nc(-c2ccnc(Cl)c2)cs1. The fraction of sp³-hybridized carbons (Fsp3) is 0. The van der Waals surface area contributed by atoms with Gasteiger partial charge in [0, 0.05) is 17.1 Å². The Morgan fingerprint density at radius 2 is 2.31 bits per heavy atom. The lowest BCUT2D eigenvalue weighted by Gasteiger charge is -1.95. The van der Waals surface area contributed by atoms with E-state index in [1.807, 2.05) is 11.4 Å². The van der Waals surface area contributed by atoms with E-state index >= 15 is 0 Å². The molecule has 13 heavy (non-hydrogen) atoms. The van der Waals surface area contributed by atoms with Crippen molar-refractivity contribution in [3.8, 4) is 11.3 Å². The van der Waals surface area contributed by atoms with E-state index in [0.717, 1.165) is 11.3 Å². The summed E-state index contributed by atoms with van der Waals surface area (Å²) in [6, 6.07) is 3.61. The van der Waals surface area contributed by atoms with Gasteiger partial charge < -0.3 is 5.73 Å². The molecule has 0 fully saturated rings. The molecule has 2 aromatic rings. The summed E-state index contributed by atoms with van der Waals surface area (Å²) in [4.78, 5) is 8.01. The Morgan fingerprint density at radius 3 is 2.92 bits per heavy atom. The summed E-state index contributed by atoms with van der Waals surface area (Å²) in [5, 5.41) is 2.91. The fourth-order valence-corrected chi connectivity index (χ4v) is 1.73. The minimum Gasteiger partial charge on any atom is -0.375 e. The van der Waals surface area contributed by atoms with Crippen LogP contribution in [0.3, 0.4) is 0 Å². The Morgan fingerprint density at radius 1 is 1.46 bits per heavy atom. The number of nitrogens with zero attached hydrogens (tertiary/aromatic N) is 2. The Labute approximate surface area is 84.2 Å². The molecule has 3 nitrogen and oxygen atoms in total. The van der Waals surface area contributed by atoms with Crippen molar-refractivity contribution >= 4 is 28.1 Å². The topological polar surface area (TPSA) is 51.8 Å². The second-order valence-electron chi connectivity index (χ2n) is 2.44. The van der Waals surface area contributed by atoms with Crippen LogP contribution in [-0.4, -0.2) is 9.97 Å². The molecule has 2 aromatic heterocycles. The van der Waals surface area contributed by atoms with E-state index in [2.05, 4.69) is 9.97 Å². The van der Waals surface area contributed by atoms with Gasteiger partial charge in [0.25, 0.3) is 0 Å². The van der Waals surface area contributed by atoms with Crippen LogP contribution in [0.5, 0.6) is 0 Å². The van der Waals surface area contributed by atoms with Gasteiger partial charge in [-0.25, -0.2) is 9.97 Å². The lowest BCUT2D eigenvalue weighted by molar-refractivity contribution is 1.31. The molecule has 5 heteroatoms. The Balaban J connectivity index is 2.46. The molecule has 66 valence electrons. The molecule has 0 atom stereocenters. The Kier molecular flexibility index (Phi) is 2.16. The maximum Gasteiger partial charge on any atom is 0.180 e. The largest absolute Gasteiger partial charge is 0.375 e. The molecule has 0 spiro atoms. The molecular weight excluding hydrogens is 206 g/mol. The first-order valence-electron chi connectivity index (χ1n) is 3.58. The number of anilines is 1. The molecule has 0 saturated carbocycles. The number of hydrogen-bond acceptors (Lipinski definition) is 4. The molecule has 0 saturated heterocycles. The van der Waals surface area contributed by atoms with Gasteiger partial charge in [0.2, 0.25) is 0 Å². The van der Waals surface area contributed by atoms with Gasteiger partial charge in [-0.15, -0.1) is 11.3 Å². The minimum atomic E-state index is 0.462. The first kappa shape index (κ1) is 8.47. The average Bonchev–Trinajstić information content (AvgIpc) is 2.52. The monoisotopic (exact) mass is 211 g/mol. The molecule has 0 unspecified atom stereocenters. The third kappa shape index (κ3) is 1.79. The van der Waals surface area contributed by atoms with Gasteiger partial charge in [-0.2, -0.15) is 0 Å². The summed E-state index contributed by atoms with van der Waals surface area (Å²) >= 11 is 7.14. The summed E-state index contributed by atoms with van der Waals surface area (Å²) in [5.41, 5.74) is 7.29. The van der Waals surface area contributed by atoms with Gasteiger partial charge in [0.15, 0.2) is 5.13 Å². The van der Waals surface area contributed by atoms with Gasteiger partial charge in [-0.1, -0.05) is 11.6 Å². The van der Waals surface area contributed by atoms with Gasteiger partial charge in [0.1, 0.15) is 5.15 Å². The maximum atomic E-state index is 5.73. The summed E-state index contributed by atoms with van der Waals surface area (Å²) in [7, 11) is 0. The van der Waals surface area contributed by atoms with Crippen LogP contribution in [0, 0.1) is 0 Å². The van der Waals surface area contributed by atoms with Gasteiger partial charge in [-0.3, -0.25) is 0 Å². The molecule has 0 radical (unpaired) electrons. The van der Waals surface area contributed by atoms with Gasteiger partial charge in [0.05, 0.1) is 5.69 Å². The number of nitrogens with two attached hydrogens (primary N) is 1. The number of thiazole rings is 1. The number of hydrogen-bond donors (Lipinski definition) is 1. The highest BCUT2D eigenvalue weighted by Gasteiger charge is 2.02. The zero-order valence-corrected chi connectivity index (χ0v) is 8.14. The smallest absolute Gasteiger partial charge is 0.180 e. The fourth-order valence-electron chi connectivity index (χ4n) is 0.982. The molecule has 0 aliphatic heterocycles. The first-order chi connectivity index (χ1) is 6.25. The molecule has 2 rings (SSSR count). The van der Waals surface area contributed by atoms with Crippen LogP contribution in [0.25, 0.3) is 11.3 Å². The molecule has 0 bridgehead atoms. The van der Waals surface area contributed by atoms with Crippen molar-refractivity contribution in [1.82, 2.24) is 9.97 Å². The summed E-state index contributed by atoms with van der Waals surface area (Å²) in [6.45, 7) is 0. The second kappa shape index (κ2) is 3.32. The van der Waals surface area contributed by atoms with Crippen molar-refractivity contribution in [3.05, 3.63) is 28.9 Å². The van der Waals surface area contributed by atoms with E-state index in [-0.39, 0.29) is 0 Å². The Hall–Kier alpha value is -1.13. The molecule has 2 N–H and O–H groups in total. The normalized spacial score (nSPS) is 10.2. The predicted molar refractivity (Wildman–Crippen MR) is 54.8 cm³/mol. The van der Waals surface area contributed by atoms with Crippen molar-refractivity contribution in [3.63, 3.8) is 0 Å². The van der Waals surface area contributed by atoms with Crippen molar-refractivity contribution in [2.45, 2.75) is 0 Å². The minimum absolute atomic E-state index is 0.462. The molecule has 0 aliphatic carbocycles. The average molecular weight is 212 g/mol. The highest BCUT2D eigenvalue weighted by Crippen LogP contribution is 2.23. The molecule has 0 aliphatic rings. The van der Waals surface area contributed by atoms with Crippen molar-refractivity contribution < 1.29 is 0 Å². The van der Waals surface area contributed by atoms with Crippen LogP contribution in [0.2, 0.25) is 5.15 Å². The maximum absolute atomic E-state index is 5.73. The van der Waals surface area contributed by atoms with Gasteiger partial charge >= 0.3 is 0 Å². The van der Waals surface area contributed by atoms with Crippen LogP contribution in [0.4, 0.5) is 5.13 Å². The van der Waals surface area contributed by atoms with E-state index < -0.39 is 0 Å². The third-order valence-electron chi connectivity index (χ3n) is 1.54. The lowest BCUT2D eigenvalue weighted by atomic mass is 10.2. The zero-order chi connectivity index (χ0) is 9.26. The van der Waals surface area contributed by atoms with Crippen molar-refractivity contribution in [1.29, 1.82) is 0 Å². The lowest BCUT2D eigenvalue weighted by Crippen LogP contribution is -1.83. The van der Waals surface area contributed by atoms with E-state index in [1.54, 1.807) is 12.3 Å². The van der Waals surface area contributed by atoms with E-state index in [4.69, 9.17) is 17.3 Å². The first-order valence-corrected chi connectivity index (χ1v) is 4.84. The summed E-state index contributed by atoms with van der Waals surface area (Å²) in [6.07, 6.45) is 1.65. The van der Waals surface area contributed by atoms with Crippen LogP contribution >= 0.6 is 22.9 Å². The summed E-state index contributed by atoms with van der Waals surface area (Å²) in [5.74, 6) is 0. The third-order valence-corrected chi connectivity index (χ3v) is 2.42. The number of halogens is 1. The number of nitrogen functional groups attached to an aromatic ring is 1. The van der Waals surface area contributed by atoms with E-state index in [0.29, 0.717) is 10.3 Å². The van der Waals surface area contributed by atoms with Crippen LogP contribution in [-0.2, 0) is 0 Å². The van der Waals surface area contributed by atoms with Crippen molar-refractivity contribution in [2.75, 3.05) is 5.73 Å². The van der Waals surface area contributed by atoms with Crippen LogP contribution in [0.1, 0.15) is 0 Å².